The number of piperidine rings is 1. The van der Waals surface area contributed by atoms with Gasteiger partial charge in [-0.25, -0.2) is 0 Å². The van der Waals surface area contributed by atoms with Gasteiger partial charge in [-0.3, -0.25) is 4.79 Å². The fourth-order valence-electron chi connectivity index (χ4n) is 2.01. The number of nitrogens with zero attached hydrogens (tertiary/aromatic N) is 1. The predicted octanol–water partition coefficient (Wildman–Crippen LogP) is 3.87. The van der Waals surface area contributed by atoms with Crippen molar-refractivity contribution < 1.29 is 4.79 Å². The van der Waals surface area contributed by atoms with Gasteiger partial charge in [0, 0.05) is 18.7 Å². The highest BCUT2D eigenvalue weighted by atomic mass is 16.2. The summed E-state index contributed by atoms with van der Waals surface area (Å²) < 4.78 is 0. The van der Waals surface area contributed by atoms with Crippen LogP contribution in [-0.4, -0.2) is 12.5 Å². The normalized spacial score (nSPS) is 18.4. The molecule has 0 unspecified atom stereocenters. The van der Waals surface area contributed by atoms with Gasteiger partial charge < -0.3 is 4.90 Å². The number of benzene rings is 1. The third-order valence-corrected chi connectivity index (χ3v) is 3.01. The summed E-state index contributed by atoms with van der Waals surface area (Å²) in [5, 5.41) is 0. The zero-order valence-corrected chi connectivity index (χ0v) is 11.4. The van der Waals surface area contributed by atoms with Gasteiger partial charge in [0.2, 0.25) is 5.91 Å². The van der Waals surface area contributed by atoms with Crippen LogP contribution in [0.3, 0.4) is 0 Å². The highest BCUT2D eigenvalue weighted by Crippen LogP contribution is 2.32. The van der Waals surface area contributed by atoms with Gasteiger partial charge in [0.05, 0.1) is 0 Å². The molecule has 1 aromatic rings. The van der Waals surface area contributed by atoms with Crippen LogP contribution in [-0.2, 0) is 4.79 Å². The van der Waals surface area contributed by atoms with E-state index < -0.39 is 0 Å². The zero-order valence-electron chi connectivity index (χ0n) is 11.4. The fourth-order valence-corrected chi connectivity index (χ4v) is 2.01. The van der Waals surface area contributed by atoms with Gasteiger partial charge in [-0.05, 0) is 24.0 Å². The highest BCUT2D eigenvalue weighted by molar-refractivity contribution is 5.94. The summed E-state index contributed by atoms with van der Waals surface area (Å²) in [6.07, 6.45) is 1.73. The molecule has 2 heteroatoms. The van der Waals surface area contributed by atoms with Gasteiger partial charge >= 0.3 is 0 Å². The standard InChI is InChI=1S/C13H17NO.C2H6/c1-13(2)8-9-14(12(15)10-13)11-6-4-3-5-7-11;1-2/h3-7H,8-10H2,1-2H3;1-2H3. The molecule has 1 aliphatic heterocycles. The third kappa shape index (κ3) is 3.58. The van der Waals surface area contributed by atoms with Crippen LogP contribution >= 0.6 is 0 Å². The number of hydrogen-bond donors (Lipinski definition) is 0. The molecule has 1 fully saturated rings. The van der Waals surface area contributed by atoms with E-state index in [1.165, 1.54) is 0 Å². The van der Waals surface area contributed by atoms with Crippen LogP contribution in [0.1, 0.15) is 40.5 Å². The Kier molecular flexibility index (Phi) is 4.73. The third-order valence-electron chi connectivity index (χ3n) is 3.01. The minimum atomic E-state index is 0.169. The van der Waals surface area contributed by atoms with Gasteiger partial charge in [-0.15, -0.1) is 0 Å². The maximum atomic E-state index is 11.9. The first-order valence-electron chi connectivity index (χ1n) is 6.44. The molecule has 0 radical (unpaired) electrons. The van der Waals surface area contributed by atoms with E-state index in [9.17, 15) is 4.79 Å². The average molecular weight is 233 g/mol. The SMILES string of the molecule is CC.CC1(C)CCN(c2ccccc2)C(=O)C1. The summed E-state index contributed by atoms with van der Waals surface area (Å²) >= 11 is 0. The van der Waals surface area contributed by atoms with Crippen LogP contribution in [0.4, 0.5) is 5.69 Å². The van der Waals surface area contributed by atoms with Crippen molar-refractivity contribution in [3.8, 4) is 0 Å². The van der Waals surface area contributed by atoms with Gasteiger partial charge in [0.1, 0.15) is 0 Å². The lowest BCUT2D eigenvalue weighted by molar-refractivity contribution is -0.122. The quantitative estimate of drug-likeness (QED) is 0.721. The van der Waals surface area contributed by atoms with Crippen LogP contribution in [0.2, 0.25) is 0 Å². The van der Waals surface area contributed by atoms with Crippen molar-refractivity contribution in [2.24, 2.45) is 5.41 Å². The van der Waals surface area contributed by atoms with Crippen molar-refractivity contribution in [2.75, 3.05) is 11.4 Å². The predicted molar refractivity (Wildman–Crippen MR) is 73.2 cm³/mol. The second kappa shape index (κ2) is 5.85. The van der Waals surface area contributed by atoms with E-state index in [1.54, 1.807) is 0 Å². The molecule has 0 aromatic heterocycles. The Morgan fingerprint density at radius 1 is 1.12 bits per heavy atom. The van der Waals surface area contributed by atoms with Gasteiger partial charge in [-0.2, -0.15) is 0 Å². The number of anilines is 1. The van der Waals surface area contributed by atoms with Gasteiger partial charge in [-0.1, -0.05) is 45.9 Å². The molecule has 0 atom stereocenters. The van der Waals surface area contributed by atoms with Crippen molar-refractivity contribution in [3.05, 3.63) is 30.3 Å². The molecule has 0 N–H and O–H groups in total. The number of rotatable bonds is 1. The molecule has 1 aliphatic rings. The first kappa shape index (κ1) is 13.8. The molecule has 0 bridgehead atoms. The van der Waals surface area contributed by atoms with Crippen molar-refractivity contribution in [3.63, 3.8) is 0 Å². The highest BCUT2D eigenvalue weighted by Gasteiger charge is 2.31. The fraction of sp³-hybridized carbons (Fsp3) is 0.533. The van der Waals surface area contributed by atoms with Crippen LogP contribution < -0.4 is 4.90 Å². The molecule has 1 heterocycles. The molecule has 2 nitrogen and oxygen atoms in total. The summed E-state index contributed by atoms with van der Waals surface area (Å²) in [4.78, 5) is 13.8. The number of hydrogen-bond acceptors (Lipinski definition) is 1. The molecule has 1 amide bonds. The summed E-state index contributed by atoms with van der Waals surface area (Å²) in [5.41, 5.74) is 1.19. The molecule has 1 aromatic carbocycles. The Bertz CT molecular complexity index is 356. The van der Waals surface area contributed by atoms with Gasteiger partial charge in [0.25, 0.3) is 0 Å². The van der Waals surface area contributed by atoms with Crippen LogP contribution in [0.25, 0.3) is 0 Å². The largest absolute Gasteiger partial charge is 0.312 e. The van der Waals surface area contributed by atoms with Crippen LogP contribution in [0.15, 0.2) is 30.3 Å². The maximum absolute atomic E-state index is 11.9. The monoisotopic (exact) mass is 233 g/mol. The zero-order chi connectivity index (χ0) is 12.9. The lowest BCUT2D eigenvalue weighted by Gasteiger charge is -2.36. The molecule has 17 heavy (non-hydrogen) atoms. The summed E-state index contributed by atoms with van der Waals surface area (Å²) in [6, 6.07) is 9.92. The lowest BCUT2D eigenvalue weighted by Crippen LogP contribution is -2.42. The first-order chi connectivity index (χ1) is 8.08. The molecule has 0 spiro atoms. The molecular formula is C15H23NO. The Hall–Kier alpha value is -1.31. The Labute approximate surface area is 105 Å². The maximum Gasteiger partial charge on any atom is 0.227 e. The summed E-state index contributed by atoms with van der Waals surface area (Å²) in [6.45, 7) is 9.16. The molecule has 0 aliphatic carbocycles. The van der Waals surface area contributed by atoms with E-state index in [0.29, 0.717) is 6.42 Å². The number of carbonyl (C=O) groups excluding carboxylic acids is 1. The van der Waals surface area contributed by atoms with Crippen LogP contribution in [0.5, 0.6) is 0 Å². The van der Waals surface area contributed by atoms with E-state index in [2.05, 4.69) is 13.8 Å². The molecule has 94 valence electrons. The molecular weight excluding hydrogens is 210 g/mol. The van der Waals surface area contributed by atoms with Crippen molar-refractivity contribution in [1.82, 2.24) is 0 Å². The van der Waals surface area contributed by atoms with E-state index >= 15 is 0 Å². The number of para-hydroxylation sites is 1. The Morgan fingerprint density at radius 3 is 2.24 bits per heavy atom. The lowest BCUT2D eigenvalue weighted by atomic mass is 9.82. The minimum absolute atomic E-state index is 0.169. The number of carbonyl (C=O) groups is 1. The van der Waals surface area contributed by atoms with Crippen molar-refractivity contribution >= 4 is 11.6 Å². The molecule has 0 saturated carbocycles. The second-order valence-electron chi connectivity index (χ2n) is 4.97. The smallest absolute Gasteiger partial charge is 0.227 e. The van der Waals surface area contributed by atoms with E-state index in [0.717, 1.165) is 18.7 Å². The van der Waals surface area contributed by atoms with Gasteiger partial charge in [0.15, 0.2) is 0 Å². The summed E-state index contributed by atoms with van der Waals surface area (Å²) in [5.74, 6) is 0.248. The van der Waals surface area contributed by atoms with E-state index in [1.807, 2.05) is 49.1 Å². The average Bonchev–Trinajstić information content (AvgIpc) is 2.31. The minimum Gasteiger partial charge on any atom is -0.312 e. The first-order valence-corrected chi connectivity index (χ1v) is 6.44. The van der Waals surface area contributed by atoms with Crippen LogP contribution in [0, 0.1) is 5.41 Å². The van der Waals surface area contributed by atoms with Crippen molar-refractivity contribution in [1.29, 1.82) is 0 Å². The summed E-state index contributed by atoms with van der Waals surface area (Å²) in [7, 11) is 0. The number of amides is 1. The van der Waals surface area contributed by atoms with E-state index in [-0.39, 0.29) is 11.3 Å². The second-order valence-corrected chi connectivity index (χ2v) is 4.97. The molecule has 1 saturated heterocycles. The van der Waals surface area contributed by atoms with Crippen molar-refractivity contribution in [2.45, 2.75) is 40.5 Å². The van der Waals surface area contributed by atoms with E-state index in [4.69, 9.17) is 0 Å². The Morgan fingerprint density at radius 2 is 1.71 bits per heavy atom. The molecule has 2 rings (SSSR count). The Balaban J connectivity index is 0.000000686. The topological polar surface area (TPSA) is 20.3 Å².